The van der Waals surface area contributed by atoms with E-state index in [0.717, 1.165) is 0 Å². The molecule has 0 aromatic carbocycles. The van der Waals surface area contributed by atoms with Crippen LogP contribution in [-0.2, 0) is 38.1 Å². The van der Waals surface area contributed by atoms with Gasteiger partial charge < -0.3 is 28.8 Å². The Morgan fingerprint density at radius 2 is 1.63 bits per heavy atom. The largest absolute Gasteiger partial charge is 0.458 e. The third-order valence-corrected chi connectivity index (χ3v) is 8.91. The number of rotatable bonds is 4. The molecule has 3 heterocycles. The maximum Gasteiger partial charge on any atom is 0.303 e. The van der Waals surface area contributed by atoms with Crippen molar-refractivity contribution in [2.24, 2.45) is 29.6 Å². The Balaban J connectivity index is 1.93. The first-order chi connectivity index (χ1) is 16.1. The molecule has 3 aliphatic heterocycles. The fourth-order valence-corrected chi connectivity index (χ4v) is 7.65. The van der Waals surface area contributed by atoms with E-state index in [9.17, 15) is 19.5 Å². The SMILES string of the molecule is CC(=O)O[C@@H]1[C@@H](C(C)C)[C@H]2[C@H]([C@@H]3C[C@@H](C)[C@@]4(O)CC[C@](C)(O4)[C@H]2O3)[C@@](C)(OC(C)=O)[C@@H]1OC(C)=O. The lowest BCUT2D eigenvalue weighted by molar-refractivity contribution is -0.285. The molecule has 3 saturated heterocycles. The van der Waals surface area contributed by atoms with Gasteiger partial charge in [-0.1, -0.05) is 20.8 Å². The summed E-state index contributed by atoms with van der Waals surface area (Å²) in [5, 5.41) is 11.3. The number of carbonyl (C=O) groups is 3. The van der Waals surface area contributed by atoms with Crippen molar-refractivity contribution in [3.8, 4) is 0 Å². The van der Waals surface area contributed by atoms with Crippen LogP contribution in [0.25, 0.3) is 0 Å². The number of carbonyl (C=O) groups excluding carboxylic acids is 3. The fourth-order valence-electron chi connectivity index (χ4n) is 7.65. The van der Waals surface area contributed by atoms with E-state index >= 15 is 0 Å². The second-order valence-corrected chi connectivity index (χ2v) is 11.8. The van der Waals surface area contributed by atoms with Crippen LogP contribution in [0.15, 0.2) is 0 Å². The van der Waals surface area contributed by atoms with E-state index < -0.39 is 53.2 Å². The molecule has 9 nitrogen and oxygen atoms in total. The lowest BCUT2D eigenvalue weighted by Gasteiger charge is -2.55. The Hall–Kier alpha value is -1.71. The molecule has 0 amide bonds. The minimum atomic E-state index is -1.32. The van der Waals surface area contributed by atoms with Gasteiger partial charge in [0.2, 0.25) is 0 Å². The van der Waals surface area contributed by atoms with Gasteiger partial charge in [0.15, 0.2) is 17.5 Å². The highest BCUT2D eigenvalue weighted by atomic mass is 16.7. The van der Waals surface area contributed by atoms with Crippen LogP contribution in [0.2, 0.25) is 0 Å². The molecule has 4 bridgehead atoms. The zero-order chi connectivity index (χ0) is 26.1. The van der Waals surface area contributed by atoms with Crippen LogP contribution in [-0.4, -0.2) is 64.4 Å². The summed E-state index contributed by atoms with van der Waals surface area (Å²) in [6.45, 7) is 13.7. The Labute approximate surface area is 207 Å². The molecule has 0 spiro atoms. The fraction of sp³-hybridized carbons (Fsp3) is 0.885. The van der Waals surface area contributed by atoms with E-state index in [2.05, 4.69) is 0 Å². The summed E-state index contributed by atoms with van der Waals surface area (Å²) in [6.07, 6.45) is -1.09. The average Bonchev–Trinajstić information content (AvgIpc) is 3.24. The maximum absolute atomic E-state index is 12.4. The minimum Gasteiger partial charge on any atom is -0.458 e. The van der Waals surface area contributed by atoms with Crippen molar-refractivity contribution in [1.82, 2.24) is 0 Å². The third-order valence-electron chi connectivity index (χ3n) is 8.91. The van der Waals surface area contributed by atoms with Gasteiger partial charge in [0.05, 0.1) is 17.8 Å². The highest BCUT2D eigenvalue weighted by molar-refractivity contribution is 5.69. The van der Waals surface area contributed by atoms with Crippen molar-refractivity contribution in [2.75, 3.05) is 0 Å². The number of hydrogen-bond donors (Lipinski definition) is 1. The molecule has 9 heteroatoms. The molecule has 4 rings (SSSR count). The number of fused-ring (bicyclic) bond motifs is 8. The van der Waals surface area contributed by atoms with Crippen molar-refractivity contribution < 1.29 is 43.2 Å². The van der Waals surface area contributed by atoms with Crippen molar-refractivity contribution in [3.05, 3.63) is 0 Å². The van der Waals surface area contributed by atoms with E-state index in [4.69, 9.17) is 23.7 Å². The first-order valence-electron chi connectivity index (χ1n) is 12.7. The molecule has 0 aromatic heterocycles. The van der Waals surface area contributed by atoms with Crippen molar-refractivity contribution >= 4 is 17.9 Å². The van der Waals surface area contributed by atoms with E-state index in [0.29, 0.717) is 19.3 Å². The lowest BCUT2D eigenvalue weighted by atomic mass is 9.55. The molecule has 0 aromatic rings. The maximum atomic E-state index is 12.4. The Morgan fingerprint density at radius 1 is 1.00 bits per heavy atom. The minimum absolute atomic E-state index is 0.0127. The quantitative estimate of drug-likeness (QED) is 0.463. The highest BCUT2D eigenvalue weighted by Gasteiger charge is 2.73. The Kier molecular flexibility index (Phi) is 6.55. The topological polar surface area (TPSA) is 118 Å². The van der Waals surface area contributed by atoms with Crippen molar-refractivity contribution in [1.29, 1.82) is 0 Å². The second kappa shape index (κ2) is 8.70. The highest BCUT2D eigenvalue weighted by Crippen LogP contribution is 2.62. The van der Waals surface area contributed by atoms with Crippen LogP contribution in [0.4, 0.5) is 0 Å². The third kappa shape index (κ3) is 4.17. The summed E-state index contributed by atoms with van der Waals surface area (Å²) < 4.78 is 30.9. The molecule has 0 radical (unpaired) electrons. The van der Waals surface area contributed by atoms with Gasteiger partial charge in [-0.25, -0.2) is 0 Å². The summed E-state index contributed by atoms with van der Waals surface area (Å²) in [6, 6.07) is 0. The number of aliphatic hydroxyl groups is 1. The molecular weight excluding hydrogens is 456 g/mol. The standard InChI is InChI=1S/C26H40O9/c1-12(2)18-19-20(17-11-13(3)26(30)10-9-24(7,35-26)22(19)33-17)25(8,34-16(6)29)23(32-15(5)28)21(18)31-14(4)27/h12-13,17-23,30H,9-11H2,1-8H3/t13-,17+,18+,19+,20+,21-,22+,23-,24+,25-,26-/m1/s1. The summed E-state index contributed by atoms with van der Waals surface area (Å²) in [5.41, 5.74) is -2.10. The first kappa shape index (κ1) is 26.4. The van der Waals surface area contributed by atoms with E-state index in [1.807, 2.05) is 27.7 Å². The molecule has 35 heavy (non-hydrogen) atoms. The van der Waals surface area contributed by atoms with Crippen LogP contribution >= 0.6 is 0 Å². The molecule has 198 valence electrons. The molecular formula is C26H40O9. The van der Waals surface area contributed by atoms with Gasteiger partial charge >= 0.3 is 17.9 Å². The van der Waals surface area contributed by atoms with Crippen LogP contribution in [0.5, 0.6) is 0 Å². The first-order valence-corrected chi connectivity index (χ1v) is 12.7. The van der Waals surface area contributed by atoms with Gasteiger partial charge in [-0.2, -0.15) is 0 Å². The van der Waals surface area contributed by atoms with Gasteiger partial charge in [0.1, 0.15) is 6.10 Å². The van der Waals surface area contributed by atoms with E-state index in [1.165, 1.54) is 20.8 Å². The Morgan fingerprint density at radius 3 is 2.17 bits per heavy atom. The number of hydrogen-bond acceptors (Lipinski definition) is 9. The predicted octanol–water partition coefficient (Wildman–Crippen LogP) is 2.75. The summed E-state index contributed by atoms with van der Waals surface area (Å²) >= 11 is 0. The molecule has 1 N–H and O–H groups in total. The smallest absolute Gasteiger partial charge is 0.303 e. The second-order valence-electron chi connectivity index (χ2n) is 11.8. The average molecular weight is 497 g/mol. The van der Waals surface area contributed by atoms with Gasteiger partial charge in [-0.15, -0.1) is 0 Å². The zero-order valence-corrected chi connectivity index (χ0v) is 22.0. The van der Waals surface area contributed by atoms with Crippen LogP contribution < -0.4 is 0 Å². The Bertz CT molecular complexity index is 888. The number of esters is 3. The monoisotopic (exact) mass is 496 g/mol. The van der Waals surface area contributed by atoms with Crippen LogP contribution in [0.3, 0.4) is 0 Å². The van der Waals surface area contributed by atoms with Gasteiger partial charge in [-0.3, -0.25) is 14.4 Å². The summed E-state index contributed by atoms with van der Waals surface area (Å²) in [5.74, 6) is -3.95. The molecule has 1 saturated carbocycles. The summed E-state index contributed by atoms with van der Waals surface area (Å²) in [7, 11) is 0. The van der Waals surface area contributed by atoms with Gasteiger partial charge in [0.25, 0.3) is 0 Å². The van der Waals surface area contributed by atoms with Crippen molar-refractivity contribution in [2.45, 2.75) is 116 Å². The van der Waals surface area contributed by atoms with E-state index in [1.54, 1.807) is 6.92 Å². The van der Waals surface area contributed by atoms with Gasteiger partial charge in [-0.05, 0) is 32.6 Å². The van der Waals surface area contributed by atoms with Crippen molar-refractivity contribution in [3.63, 3.8) is 0 Å². The lowest BCUT2D eigenvalue weighted by Crippen LogP contribution is -2.69. The van der Waals surface area contributed by atoms with Gasteiger partial charge in [0, 0.05) is 50.9 Å². The normalized spacial score (nSPS) is 48.5. The molecule has 11 atom stereocenters. The summed E-state index contributed by atoms with van der Waals surface area (Å²) in [4.78, 5) is 37.0. The van der Waals surface area contributed by atoms with E-state index in [-0.39, 0.29) is 35.7 Å². The molecule has 0 unspecified atom stereocenters. The van der Waals surface area contributed by atoms with Crippen LogP contribution in [0, 0.1) is 29.6 Å². The molecule has 1 aliphatic carbocycles. The predicted molar refractivity (Wildman–Crippen MR) is 123 cm³/mol. The van der Waals surface area contributed by atoms with Crippen LogP contribution in [0.1, 0.15) is 74.7 Å². The number of ether oxygens (including phenoxy) is 5. The molecule has 4 fully saturated rings. The molecule has 4 aliphatic rings. The zero-order valence-electron chi connectivity index (χ0n) is 22.0.